The summed E-state index contributed by atoms with van der Waals surface area (Å²) in [6.45, 7) is 1.26. The predicted molar refractivity (Wildman–Crippen MR) is 77.3 cm³/mol. The normalized spacial score (nSPS) is 15.2. The number of rotatable bonds is 4. The molecule has 1 aromatic heterocycles. The van der Waals surface area contributed by atoms with Crippen LogP contribution in [0.1, 0.15) is 16.5 Å². The van der Waals surface area contributed by atoms with Crippen molar-refractivity contribution < 1.29 is 9.47 Å². The van der Waals surface area contributed by atoms with Crippen LogP contribution >= 0.6 is 11.3 Å². The van der Waals surface area contributed by atoms with Crippen molar-refractivity contribution in [2.24, 2.45) is 0 Å². The van der Waals surface area contributed by atoms with Gasteiger partial charge in [0.25, 0.3) is 0 Å². The third kappa shape index (κ3) is 2.60. The van der Waals surface area contributed by atoms with Gasteiger partial charge < -0.3 is 14.8 Å². The Kier molecular flexibility index (Phi) is 3.71. The van der Waals surface area contributed by atoms with Crippen molar-refractivity contribution in [1.82, 2.24) is 5.32 Å². The topological polar surface area (TPSA) is 30.5 Å². The Morgan fingerprint density at radius 3 is 2.89 bits per heavy atom. The number of hydrogen-bond donors (Lipinski definition) is 1. The average molecular weight is 275 g/mol. The molecule has 0 spiro atoms. The summed E-state index contributed by atoms with van der Waals surface area (Å²) in [6, 6.07) is 10.6. The number of benzene rings is 1. The van der Waals surface area contributed by atoms with Gasteiger partial charge in [0.15, 0.2) is 11.5 Å². The van der Waals surface area contributed by atoms with E-state index in [0.717, 1.165) is 17.9 Å². The molecule has 0 bridgehead atoms. The van der Waals surface area contributed by atoms with Gasteiger partial charge in [-0.25, -0.2) is 0 Å². The molecule has 1 aliphatic rings. The summed E-state index contributed by atoms with van der Waals surface area (Å²) in [5.74, 6) is 1.75. The lowest BCUT2D eigenvalue weighted by Gasteiger charge is -2.25. The zero-order chi connectivity index (χ0) is 13.1. The number of thiophene rings is 1. The van der Waals surface area contributed by atoms with Gasteiger partial charge in [-0.05, 0) is 24.6 Å². The number of hydrogen-bond acceptors (Lipinski definition) is 4. The monoisotopic (exact) mass is 275 g/mol. The van der Waals surface area contributed by atoms with Gasteiger partial charge in [0, 0.05) is 22.9 Å². The molecular weight excluding hydrogens is 258 g/mol. The lowest BCUT2D eigenvalue weighted by molar-refractivity contribution is 0.168. The fraction of sp³-hybridized carbons (Fsp3) is 0.333. The zero-order valence-electron chi connectivity index (χ0n) is 10.9. The second kappa shape index (κ2) is 5.63. The molecule has 100 valence electrons. The Labute approximate surface area is 117 Å². The highest BCUT2D eigenvalue weighted by Crippen LogP contribution is 2.38. The first-order valence-corrected chi connectivity index (χ1v) is 7.34. The fourth-order valence-corrected chi connectivity index (χ4v) is 3.12. The Morgan fingerprint density at radius 1 is 1.21 bits per heavy atom. The second-order valence-corrected chi connectivity index (χ2v) is 5.53. The largest absolute Gasteiger partial charge is 0.486 e. The predicted octanol–water partition coefficient (Wildman–Crippen LogP) is 3.02. The molecule has 0 saturated carbocycles. The van der Waals surface area contributed by atoms with E-state index in [-0.39, 0.29) is 6.04 Å². The minimum Gasteiger partial charge on any atom is -0.486 e. The highest BCUT2D eigenvalue weighted by Gasteiger charge is 2.21. The molecule has 3 nitrogen and oxygen atoms in total. The first-order chi connectivity index (χ1) is 9.38. The van der Waals surface area contributed by atoms with Gasteiger partial charge in [-0.3, -0.25) is 0 Å². The SMILES string of the molecule is CNC(Cc1cccs1)c1cccc2c1OCCO2. The number of fused-ring (bicyclic) bond motifs is 1. The first-order valence-electron chi connectivity index (χ1n) is 6.46. The van der Waals surface area contributed by atoms with Crippen LogP contribution in [0.25, 0.3) is 0 Å². The van der Waals surface area contributed by atoms with Gasteiger partial charge in [-0.15, -0.1) is 11.3 Å². The van der Waals surface area contributed by atoms with Gasteiger partial charge in [-0.1, -0.05) is 18.2 Å². The average Bonchev–Trinajstić information content (AvgIpc) is 2.97. The van der Waals surface area contributed by atoms with Crippen molar-refractivity contribution in [2.45, 2.75) is 12.5 Å². The molecule has 3 rings (SSSR count). The van der Waals surface area contributed by atoms with Crippen molar-refractivity contribution in [3.8, 4) is 11.5 Å². The van der Waals surface area contributed by atoms with E-state index < -0.39 is 0 Å². The second-order valence-electron chi connectivity index (χ2n) is 4.50. The maximum atomic E-state index is 5.79. The van der Waals surface area contributed by atoms with Gasteiger partial charge in [0.2, 0.25) is 0 Å². The molecule has 4 heteroatoms. The van der Waals surface area contributed by atoms with Crippen LogP contribution in [0.2, 0.25) is 0 Å². The maximum Gasteiger partial charge on any atom is 0.166 e. The third-order valence-electron chi connectivity index (χ3n) is 3.31. The molecule has 1 unspecified atom stereocenters. The Balaban J connectivity index is 1.90. The summed E-state index contributed by atoms with van der Waals surface area (Å²) in [6.07, 6.45) is 0.966. The Bertz CT molecular complexity index is 539. The van der Waals surface area contributed by atoms with E-state index in [0.29, 0.717) is 13.2 Å². The maximum absolute atomic E-state index is 5.79. The standard InChI is InChI=1S/C15H17NO2S/c1-16-13(10-11-4-3-9-19-11)12-5-2-6-14-15(12)18-8-7-17-14/h2-6,9,13,16H,7-8,10H2,1H3. The molecule has 19 heavy (non-hydrogen) atoms. The van der Waals surface area contributed by atoms with Crippen LogP contribution in [-0.2, 0) is 6.42 Å². The smallest absolute Gasteiger partial charge is 0.166 e. The third-order valence-corrected chi connectivity index (χ3v) is 4.20. The lowest BCUT2D eigenvalue weighted by Crippen LogP contribution is -2.22. The van der Waals surface area contributed by atoms with E-state index in [1.54, 1.807) is 11.3 Å². The van der Waals surface area contributed by atoms with Crippen LogP contribution in [0.3, 0.4) is 0 Å². The van der Waals surface area contributed by atoms with Crippen molar-refractivity contribution in [2.75, 3.05) is 20.3 Å². The molecule has 0 aliphatic carbocycles. The quantitative estimate of drug-likeness (QED) is 0.930. The van der Waals surface area contributed by atoms with E-state index in [9.17, 15) is 0 Å². The van der Waals surface area contributed by atoms with Crippen LogP contribution in [0, 0.1) is 0 Å². The molecular formula is C15H17NO2S. The molecule has 0 saturated heterocycles. The summed E-state index contributed by atoms with van der Waals surface area (Å²) in [7, 11) is 1.99. The van der Waals surface area contributed by atoms with E-state index in [1.165, 1.54) is 10.4 Å². The molecule has 1 atom stereocenters. The van der Waals surface area contributed by atoms with Crippen LogP contribution in [0.15, 0.2) is 35.7 Å². The molecule has 1 aromatic carbocycles. The number of likely N-dealkylation sites (N-methyl/N-ethyl adjacent to an activating group) is 1. The van der Waals surface area contributed by atoms with Crippen LogP contribution in [0.4, 0.5) is 0 Å². The van der Waals surface area contributed by atoms with Gasteiger partial charge in [-0.2, -0.15) is 0 Å². The fourth-order valence-electron chi connectivity index (χ4n) is 2.37. The summed E-state index contributed by atoms with van der Waals surface area (Å²) < 4.78 is 11.4. The molecule has 2 heterocycles. The minimum absolute atomic E-state index is 0.246. The zero-order valence-corrected chi connectivity index (χ0v) is 11.7. The Hall–Kier alpha value is -1.52. The highest BCUT2D eigenvalue weighted by molar-refractivity contribution is 7.09. The highest BCUT2D eigenvalue weighted by atomic mass is 32.1. The lowest BCUT2D eigenvalue weighted by atomic mass is 10.0. The van der Waals surface area contributed by atoms with Gasteiger partial charge >= 0.3 is 0 Å². The van der Waals surface area contributed by atoms with E-state index in [4.69, 9.17) is 9.47 Å². The molecule has 0 fully saturated rings. The van der Waals surface area contributed by atoms with E-state index in [2.05, 4.69) is 28.9 Å². The van der Waals surface area contributed by atoms with Crippen molar-refractivity contribution in [3.63, 3.8) is 0 Å². The molecule has 2 aromatic rings. The van der Waals surface area contributed by atoms with Crippen molar-refractivity contribution >= 4 is 11.3 Å². The summed E-state index contributed by atoms with van der Waals surface area (Å²) >= 11 is 1.79. The van der Waals surface area contributed by atoms with Crippen molar-refractivity contribution in [3.05, 3.63) is 46.2 Å². The summed E-state index contributed by atoms with van der Waals surface area (Å²) in [5, 5.41) is 5.49. The number of ether oxygens (including phenoxy) is 2. The van der Waals surface area contributed by atoms with E-state index >= 15 is 0 Å². The molecule has 0 radical (unpaired) electrons. The summed E-state index contributed by atoms with van der Waals surface area (Å²) in [5.41, 5.74) is 1.17. The van der Waals surface area contributed by atoms with Crippen LogP contribution in [0.5, 0.6) is 11.5 Å². The molecule has 1 N–H and O–H groups in total. The number of nitrogens with one attached hydrogen (secondary N) is 1. The van der Waals surface area contributed by atoms with Crippen LogP contribution in [-0.4, -0.2) is 20.3 Å². The first kappa shape index (κ1) is 12.5. The minimum atomic E-state index is 0.246. The number of para-hydroxylation sites is 1. The molecule has 1 aliphatic heterocycles. The Morgan fingerprint density at radius 2 is 2.11 bits per heavy atom. The van der Waals surface area contributed by atoms with Gasteiger partial charge in [0.1, 0.15) is 13.2 Å². The summed E-state index contributed by atoms with van der Waals surface area (Å²) in [4.78, 5) is 1.37. The van der Waals surface area contributed by atoms with Crippen LogP contribution < -0.4 is 14.8 Å². The molecule has 0 amide bonds. The van der Waals surface area contributed by atoms with E-state index in [1.807, 2.05) is 19.2 Å². The van der Waals surface area contributed by atoms with Crippen molar-refractivity contribution in [1.29, 1.82) is 0 Å². The van der Waals surface area contributed by atoms with Gasteiger partial charge in [0.05, 0.1) is 0 Å².